The molecule has 2 aromatic rings. The van der Waals surface area contributed by atoms with Gasteiger partial charge in [0.05, 0.1) is 6.10 Å². The SMILES string of the molecule is Cn1ncnc1NC(=O)NC[C@H]1CCO[C@@H]1c1ccccc1. The summed E-state index contributed by atoms with van der Waals surface area (Å²) in [4.78, 5) is 15.9. The second kappa shape index (κ2) is 6.57. The van der Waals surface area contributed by atoms with Crippen LogP contribution in [0.3, 0.4) is 0 Å². The van der Waals surface area contributed by atoms with E-state index in [0.717, 1.165) is 18.6 Å². The number of hydrogen-bond donors (Lipinski definition) is 2. The number of nitrogens with zero attached hydrogens (tertiary/aromatic N) is 3. The number of carbonyl (C=O) groups excluding carboxylic acids is 1. The Labute approximate surface area is 128 Å². The van der Waals surface area contributed by atoms with Crippen LogP contribution in [0.5, 0.6) is 0 Å². The van der Waals surface area contributed by atoms with Gasteiger partial charge in [0.1, 0.15) is 6.33 Å². The molecule has 1 saturated heterocycles. The number of aryl methyl sites for hydroxylation is 1. The Hall–Kier alpha value is -2.41. The molecule has 1 fully saturated rings. The number of amides is 2. The predicted octanol–water partition coefficient (Wildman–Crippen LogP) is 1.71. The van der Waals surface area contributed by atoms with E-state index in [9.17, 15) is 4.79 Å². The van der Waals surface area contributed by atoms with Crippen molar-refractivity contribution in [3.05, 3.63) is 42.2 Å². The second-order valence-electron chi connectivity index (χ2n) is 5.29. The quantitative estimate of drug-likeness (QED) is 0.901. The van der Waals surface area contributed by atoms with E-state index in [1.807, 2.05) is 18.2 Å². The zero-order valence-corrected chi connectivity index (χ0v) is 12.4. The molecule has 0 radical (unpaired) electrons. The van der Waals surface area contributed by atoms with Crippen LogP contribution in [0.15, 0.2) is 36.7 Å². The lowest BCUT2D eigenvalue weighted by atomic mass is 9.95. The Morgan fingerprint density at radius 1 is 1.41 bits per heavy atom. The normalized spacial score (nSPS) is 20.8. The van der Waals surface area contributed by atoms with Gasteiger partial charge in [-0.3, -0.25) is 5.32 Å². The first-order valence-electron chi connectivity index (χ1n) is 7.29. The number of aromatic nitrogens is 3. The van der Waals surface area contributed by atoms with Crippen LogP contribution in [-0.4, -0.2) is 33.9 Å². The van der Waals surface area contributed by atoms with Crippen LogP contribution in [0.4, 0.5) is 10.7 Å². The fourth-order valence-electron chi connectivity index (χ4n) is 2.63. The molecule has 0 bridgehead atoms. The van der Waals surface area contributed by atoms with Crippen LogP contribution in [-0.2, 0) is 11.8 Å². The summed E-state index contributed by atoms with van der Waals surface area (Å²) in [7, 11) is 1.72. The smallest absolute Gasteiger partial charge is 0.321 e. The van der Waals surface area contributed by atoms with Gasteiger partial charge in [-0.1, -0.05) is 30.3 Å². The summed E-state index contributed by atoms with van der Waals surface area (Å²) in [6, 6.07) is 9.82. The highest BCUT2D eigenvalue weighted by Crippen LogP contribution is 2.33. The van der Waals surface area contributed by atoms with Gasteiger partial charge in [0, 0.05) is 26.1 Å². The largest absolute Gasteiger partial charge is 0.373 e. The summed E-state index contributed by atoms with van der Waals surface area (Å²) in [5.74, 6) is 0.687. The molecule has 1 aromatic heterocycles. The lowest BCUT2D eigenvalue weighted by Crippen LogP contribution is -2.34. The number of carbonyl (C=O) groups is 1. The summed E-state index contributed by atoms with van der Waals surface area (Å²) in [5.41, 5.74) is 1.15. The van der Waals surface area contributed by atoms with Crippen molar-refractivity contribution in [1.29, 1.82) is 0 Å². The van der Waals surface area contributed by atoms with Crippen LogP contribution in [0.2, 0.25) is 0 Å². The van der Waals surface area contributed by atoms with Crippen molar-refractivity contribution in [3.63, 3.8) is 0 Å². The lowest BCUT2D eigenvalue weighted by Gasteiger charge is -2.19. The van der Waals surface area contributed by atoms with Gasteiger partial charge >= 0.3 is 6.03 Å². The Morgan fingerprint density at radius 3 is 2.95 bits per heavy atom. The highest BCUT2D eigenvalue weighted by molar-refractivity contribution is 5.87. The lowest BCUT2D eigenvalue weighted by molar-refractivity contribution is 0.0911. The third-order valence-corrected chi connectivity index (χ3v) is 3.80. The molecule has 116 valence electrons. The maximum Gasteiger partial charge on any atom is 0.321 e. The summed E-state index contributed by atoms with van der Waals surface area (Å²) < 4.78 is 7.32. The number of anilines is 1. The van der Waals surface area contributed by atoms with Gasteiger partial charge in [-0.05, 0) is 12.0 Å². The average Bonchev–Trinajstić information content (AvgIpc) is 3.16. The molecular weight excluding hydrogens is 282 g/mol. The fourth-order valence-corrected chi connectivity index (χ4v) is 2.63. The molecule has 7 heteroatoms. The van der Waals surface area contributed by atoms with Gasteiger partial charge in [0.15, 0.2) is 0 Å². The molecule has 2 heterocycles. The van der Waals surface area contributed by atoms with E-state index in [4.69, 9.17) is 4.74 Å². The minimum absolute atomic E-state index is 0.0383. The van der Waals surface area contributed by atoms with Crippen molar-refractivity contribution >= 4 is 12.0 Å². The highest BCUT2D eigenvalue weighted by Gasteiger charge is 2.29. The molecule has 1 aliphatic heterocycles. The molecule has 2 amide bonds. The molecule has 2 atom stereocenters. The van der Waals surface area contributed by atoms with Gasteiger partial charge < -0.3 is 10.1 Å². The van der Waals surface area contributed by atoms with E-state index in [0.29, 0.717) is 12.5 Å². The van der Waals surface area contributed by atoms with Gasteiger partial charge in [-0.25, -0.2) is 9.48 Å². The number of benzene rings is 1. The summed E-state index contributed by atoms with van der Waals surface area (Å²) >= 11 is 0. The maximum atomic E-state index is 11.9. The van der Waals surface area contributed by atoms with Crippen LogP contribution in [0, 0.1) is 5.92 Å². The van der Waals surface area contributed by atoms with Crippen LogP contribution in [0.25, 0.3) is 0 Å². The van der Waals surface area contributed by atoms with Gasteiger partial charge in [0.2, 0.25) is 5.95 Å². The Kier molecular flexibility index (Phi) is 4.34. The van der Waals surface area contributed by atoms with E-state index < -0.39 is 0 Å². The second-order valence-corrected chi connectivity index (χ2v) is 5.29. The van der Waals surface area contributed by atoms with Crippen LogP contribution < -0.4 is 10.6 Å². The first-order chi connectivity index (χ1) is 10.7. The minimum Gasteiger partial charge on any atom is -0.373 e. The first kappa shape index (κ1) is 14.5. The van der Waals surface area contributed by atoms with Gasteiger partial charge in [-0.2, -0.15) is 10.1 Å². The topological polar surface area (TPSA) is 81.1 Å². The van der Waals surface area contributed by atoms with Crippen LogP contribution in [0.1, 0.15) is 18.1 Å². The molecular formula is C15H19N5O2. The van der Waals surface area contributed by atoms with E-state index in [1.165, 1.54) is 11.0 Å². The molecule has 0 spiro atoms. The monoisotopic (exact) mass is 301 g/mol. The molecule has 1 aromatic carbocycles. The molecule has 0 unspecified atom stereocenters. The third-order valence-electron chi connectivity index (χ3n) is 3.80. The maximum absolute atomic E-state index is 11.9. The van der Waals surface area contributed by atoms with Crippen molar-refractivity contribution in [2.45, 2.75) is 12.5 Å². The molecule has 1 aliphatic rings. The number of ether oxygens (including phenoxy) is 1. The third kappa shape index (κ3) is 3.25. The number of hydrogen-bond acceptors (Lipinski definition) is 4. The molecule has 2 N–H and O–H groups in total. The molecule has 0 saturated carbocycles. The zero-order valence-electron chi connectivity index (χ0n) is 12.4. The number of urea groups is 1. The van der Waals surface area contributed by atoms with Crippen molar-refractivity contribution in [3.8, 4) is 0 Å². The van der Waals surface area contributed by atoms with Crippen molar-refractivity contribution in [2.24, 2.45) is 13.0 Å². The number of rotatable bonds is 4. The zero-order chi connectivity index (χ0) is 15.4. The van der Waals surface area contributed by atoms with E-state index in [-0.39, 0.29) is 18.1 Å². The summed E-state index contributed by atoms with van der Waals surface area (Å²) in [6.45, 7) is 1.28. The standard InChI is InChI=1S/C15H19N5O2/c1-20-14(17-10-18-20)19-15(21)16-9-12-7-8-22-13(12)11-5-3-2-4-6-11/h2-6,10,12-13H,7-9H2,1H3,(H2,16,17,18,19,21)/t12-,13-/m1/s1. The highest BCUT2D eigenvalue weighted by atomic mass is 16.5. The Bertz CT molecular complexity index is 628. The minimum atomic E-state index is -0.283. The Morgan fingerprint density at radius 2 is 2.23 bits per heavy atom. The van der Waals surface area contributed by atoms with E-state index in [1.54, 1.807) is 7.05 Å². The van der Waals surface area contributed by atoms with E-state index >= 15 is 0 Å². The van der Waals surface area contributed by atoms with Crippen LogP contribution >= 0.6 is 0 Å². The number of nitrogens with one attached hydrogen (secondary N) is 2. The summed E-state index contributed by atoms with van der Waals surface area (Å²) in [5, 5.41) is 9.45. The predicted molar refractivity (Wildman–Crippen MR) is 81.3 cm³/mol. The molecule has 3 rings (SSSR count). The fraction of sp³-hybridized carbons (Fsp3) is 0.400. The van der Waals surface area contributed by atoms with Crippen molar-refractivity contribution < 1.29 is 9.53 Å². The van der Waals surface area contributed by atoms with E-state index in [2.05, 4.69) is 32.8 Å². The van der Waals surface area contributed by atoms with Gasteiger partial charge in [0.25, 0.3) is 0 Å². The molecule has 7 nitrogen and oxygen atoms in total. The molecule has 0 aliphatic carbocycles. The Balaban J connectivity index is 1.54. The van der Waals surface area contributed by atoms with Crippen molar-refractivity contribution in [2.75, 3.05) is 18.5 Å². The van der Waals surface area contributed by atoms with Gasteiger partial charge in [-0.15, -0.1) is 0 Å². The first-order valence-corrected chi connectivity index (χ1v) is 7.29. The van der Waals surface area contributed by atoms with Crippen molar-refractivity contribution in [1.82, 2.24) is 20.1 Å². The average molecular weight is 301 g/mol. The summed E-state index contributed by atoms with van der Waals surface area (Å²) in [6.07, 6.45) is 2.37. The molecule has 22 heavy (non-hydrogen) atoms.